The second kappa shape index (κ2) is 8.23. The number of nitrogens with zero attached hydrogens (tertiary/aromatic N) is 5. The normalized spacial score (nSPS) is 19.4. The molecule has 0 aromatic carbocycles. The molecule has 2 saturated heterocycles. The van der Waals surface area contributed by atoms with Crippen LogP contribution in [0.15, 0.2) is 12.4 Å². The van der Waals surface area contributed by atoms with E-state index in [0.29, 0.717) is 13.0 Å². The third-order valence-corrected chi connectivity index (χ3v) is 6.06. The molecule has 7 nitrogen and oxygen atoms in total. The van der Waals surface area contributed by atoms with Gasteiger partial charge in [0.2, 0.25) is 5.91 Å². The van der Waals surface area contributed by atoms with Gasteiger partial charge in [-0.1, -0.05) is 0 Å². The van der Waals surface area contributed by atoms with Crippen LogP contribution in [0.25, 0.3) is 0 Å². The first-order valence-electron chi connectivity index (χ1n) is 10.1. The maximum Gasteiger partial charge on any atom is 0.319 e. The van der Waals surface area contributed by atoms with Crippen LogP contribution in [0.1, 0.15) is 50.9 Å². The Hall–Kier alpha value is -2.18. The van der Waals surface area contributed by atoms with Crippen LogP contribution in [0.4, 0.5) is 4.79 Å². The highest BCUT2D eigenvalue weighted by atomic mass is 16.2. The van der Waals surface area contributed by atoms with Crippen molar-refractivity contribution in [3.63, 3.8) is 0 Å². The van der Waals surface area contributed by atoms with Gasteiger partial charge in [0.1, 0.15) is 0 Å². The lowest BCUT2D eigenvalue weighted by Gasteiger charge is -2.47. The molecule has 3 amide bonds. The first-order valence-corrected chi connectivity index (χ1v) is 10.1. The largest absolute Gasteiger partial charge is 0.336 e. The number of likely N-dealkylation sites (tertiary alicyclic amines) is 2. The number of carbonyl (C=O) groups is 2. The SMILES string of the molecule is CCN(CC)C(=O)N1CCC2(CCC(=O)N(Cc3cnc(C)cn3)C2)CC1. The van der Waals surface area contributed by atoms with Crippen LogP contribution >= 0.6 is 0 Å². The van der Waals surface area contributed by atoms with E-state index in [9.17, 15) is 9.59 Å². The van der Waals surface area contributed by atoms with Crippen molar-refractivity contribution in [2.45, 2.75) is 53.0 Å². The van der Waals surface area contributed by atoms with E-state index in [2.05, 4.69) is 9.97 Å². The maximum absolute atomic E-state index is 12.6. The average Bonchev–Trinajstić information content (AvgIpc) is 2.68. The molecule has 148 valence electrons. The van der Waals surface area contributed by atoms with Gasteiger partial charge in [-0.15, -0.1) is 0 Å². The van der Waals surface area contributed by atoms with Crippen molar-refractivity contribution >= 4 is 11.9 Å². The molecule has 1 spiro atoms. The van der Waals surface area contributed by atoms with Gasteiger partial charge in [0.05, 0.1) is 24.1 Å². The Morgan fingerprint density at radius 2 is 1.85 bits per heavy atom. The number of aryl methyl sites for hydroxylation is 1. The Balaban J connectivity index is 1.61. The topological polar surface area (TPSA) is 69.6 Å². The zero-order chi connectivity index (χ0) is 19.4. The summed E-state index contributed by atoms with van der Waals surface area (Å²) in [5.41, 5.74) is 1.84. The molecule has 0 saturated carbocycles. The lowest BCUT2D eigenvalue weighted by Crippen LogP contribution is -2.54. The van der Waals surface area contributed by atoms with Gasteiger partial charge in [0.25, 0.3) is 0 Å². The standard InChI is InChI=1S/C20H31N5O2/c1-4-23(5-2)19(27)24-10-8-20(9-11-24)7-6-18(26)25(15-20)14-17-13-21-16(3)12-22-17/h12-13H,4-11,14-15H2,1-3H3. The molecule has 0 N–H and O–H groups in total. The van der Waals surface area contributed by atoms with Gasteiger partial charge in [-0.25, -0.2) is 4.79 Å². The molecule has 7 heteroatoms. The van der Waals surface area contributed by atoms with Gasteiger partial charge < -0.3 is 14.7 Å². The van der Waals surface area contributed by atoms with E-state index in [1.165, 1.54) is 0 Å². The van der Waals surface area contributed by atoms with E-state index >= 15 is 0 Å². The fourth-order valence-corrected chi connectivity index (χ4v) is 4.22. The van der Waals surface area contributed by atoms with Gasteiger partial charge in [-0.05, 0) is 45.4 Å². The quantitative estimate of drug-likeness (QED) is 0.813. The number of hydrogen-bond donors (Lipinski definition) is 0. The number of amides is 3. The van der Waals surface area contributed by atoms with E-state index in [4.69, 9.17) is 0 Å². The van der Waals surface area contributed by atoms with Crippen LogP contribution in [0.2, 0.25) is 0 Å². The minimum Gasteiger partial charge on any atom is -0.336 e. The first-order chi connectivity index (χ1) is 13.0. The summed E-state index contributed by atoms with van der Waals surface area (Å²) >= 11 is 0. The fraction of sp³-hybridized carbons (Fsp3) is 0.700. The summed E-state index contributed by atoms with van der Waals surface area (Å²) in [5, 5.41) is 0. The van der Waals surface area contributed by atoms with E-state index < -0.39 is 0 Å². The van der Waals surface area contributed by atoms with E-state index in [1.54, 1.807) is 12.4 Å². The summed E-state index contributed by atoms with van der Waals surface area (Å²) in [4.78, 5) is 39.5. The van der Waals surface area contributed by atoms with E-state index in [1.807, 2.05) is 35.5 Å². The summed E-state index contributed by atoms with van der Waals surface area (Å²) in [6.45, 7) is 10.3. The second-order valence-electron chi connectivity index (χ2n) is 7.84. The number of carbonyl (C=O) groups excluding carboxylic acids is 2. The van der Waals surface area contributed by atoms with Gasteiger partial charge in [-0.2, -0.15) is 0 Å². The van der Waals surface area contributed by atoms with Crippen LogP contribution in [0, 0.1) is 12.3 Å². The van der Waals surface area contributed by atoms with E-state index in [0.717, 1.165) is 63.4 Å². The van der Waals surface area contributed by atoms with E-state index in [-0.39, 0.29) is 17.4 Å². The Labute approximate surface area is 161 Å². The lowest BCUT2D eigenvalue weighted by atomic mass is 9.72. The van der Waals surface area contributed by atoms with Crippen molar-refractivity contribution in [2.24, 2.45) is 5.41 Å². The summed E-state index contributed by atoms with van der Waals surface area (Å²) in [5.74, 6) is 0.199. The fourth-order valence-electron chi connectivity index (χ4n) is 4.22. The highest BCUT2D eigenvalue weighted by Gasteiger charge is 2.42. The molecule has 2 fully saturated rings. The van der Waals surface area contributed by atoms with Crippen LogP contribution < -0.4 is 0 Å². The Morgan fingerprint density at radius 1 is 1.15 bits per heavy atom. The van der Waals surface area contributed by atoms with Crippen LogP contribution in [-0.2, 0) is 11.3 Å². The number of rotatable bonds is 4. The molecular weight excluding hydrogens is 342 g/mol. The monoisotopic (exact) mass is 373 g/mol. The van der Waals surface area contributed by atoms with Crippen LogP contribution in [0.5, 0.6) is 0 Å². The zero-order valence-corrected chi connectivity index (χ0v) is 16.8. The first kappa shape index (κ1) is 19.6. The molecular formula is C20H31N5O2. The van der Waals surface area contributed by atoms with Crippen molar-refractivity contribution in [3.8, 4) is 0 Å². The number of piperidine rings is 2. The molecule has 0 bridgehead atoms. The highest BCUT2D eigenvalue weighted by Crippen LogP contribution is 2.40. The molecule has 2 aliphatic rings. The predicted molar refractivity (Wildman–Crippen MR) is 103 cm³/mol. The van der Waals surface area contributed by atoms with Crippen LogP contribution in [0.3, 0.4) is 0 Å². The molecule has 3 heterocycles. The van der Waals surface area contributed by atoms with Gasteiger partial charge in [-0.3, -0.25) is 14.8 Å². The minimum absolute atomic E-state index is 0.131. The molecule has 27 heavy (non-hydrogen) atoms. The molecule has 1 aromatic heterocycles. The average molecular weight is 374 g/mol. The van der Waals surface area contributed by atoms with Gasteiger partial charge >= 0.3 is 6.03 Å². The summed E-state index contributed by atoms with van der Waals surface area (Å²) in [6, 6.07) is 0.147. The predicted octanol–water partition coefficient (Wildman–Crippen LogP) is 2.45. The third kappa shape index (κ3) is 4.39. The lowest BCUT2D eigenvalue weighted by molar-refractivity contribution is -0.139. The Morgan fingerprint density at radius 3 is 2.44 bits per heavy atom. The van der Waals surface area contributed by atoms with Crippen LogP contribution in [-0.4, -0.2) is 69.3 Å². The van der Waals surface area contributed by atoms with Crippen molar-refractivity contribution < 1.29 is 9.59 Å². The summed E-state index contributed by atoms with van der Waals surface area (Å²) in [7, 11) is 0. The van der Waals surface area contributed by atoms with Gasteiger partial charge in [0.15, 0.2) is 0 Å². The molecule has 0 aliphatic carbocycles. The smallest absolute Gasteiger partial charge is 0.319 e. The molecule has 0 unspecified atom stereocenters. The van der Waals surface area contributed by atoms with Crippen molar-refractivity contribution in [3.05, 3.63) is 23.8 Å². The molecule has 2 aliphatic heterocycles. The van der Waals surface area contributed by atoms with Crippen molar-refractivity contribution in [2.75, 3.05) is 32.7 Å². The Bertz CT molecular complexity index is 663. The molecule has 0 radical (unpaired) electrons. The Kier molecular flexibility index (Phi) is 5.97. The molecule has 3 rings (SSSR count). The number of aromatic nitrogens is 2. The molecule has 1 aromatic rings. The zero-order valence-electron chi connectivity index (χ0n) is 16.8. The molecule has 0 atom stereocenters. The van der Waals surface area contributed by atoms with Crippen molar-refractivity contribution in [1.29, 1.82) is 0 Å². The van der Waals surface area contributed by atoms with Crippen molar-refractivity contribution in [1.82, 2.24) is 24.7 Å². The highest BCUT2D eigenvalue weighted by molar-refractivity contribution is 5.77. The summed E-state index contributed by atoms with van der Waals surface area (Å²) < 4.78 is 0. The second-order valence-corrected chi connectivity index (χ2v) is 7.84. The third-order valence-electron chi connectivity index (χ3n) is 6.06. The van der Waals surface area contributed by atoms with Gasteiger partial charge in [0, 0.05) is 45.3 Å². The summed E-state index contributed by atoms with van der Waals surface area (Å²) in [6.07, 6.45) is 6.94. The minimum atomic E-state index is 0.131. The maximum atomic E-state index is 12.6. The number of hydrogen-bond acceptors (Lipinski definition) is 4. The number of urea groups is 1.